The molecule has 5 heteroatoms. The lowest BCUT2D eigenvalue weighted by atomic mass is 9.92. The maximum Gasteiger partial charge on any atom is 0.408 e. The Balaban J connectivity index is 2.46. The minimum atomic E-state index is -4.25. The van der Waals surface area contributed by atoms with E-state index in [0.29, 0.717) is 31.7 Å². The Hall–Kier alpha value is -1.07. The van der Waals surface area contributed by atoms with E-state index in [1.54, 1.807) is 18.7 Å². The fourth-order valence-electron chi connectivity index (χ4n) is 3.12. The van der Waals surface area contributed by atoms with E-state index in [-0.39, 0.29) is 0 Å². The number of benzene rings is 1. The summed E-state index contributed by atoms with van der Waals surface area (Å²) in [5, 5.41) is 3.10. The van der Waals surface area contributed by atoms with Gasteiger partial charge in [0.05, 0.1) is 0 Å². The first-order valence-corrected chi connectivity index (χ1v) is 6.90. The zero-order valence-corrected chi connectivity index (χ0v) is 12.1. The number of alkyl halides is 3. The standard InChI is InChI=1S/C15H21F3N2/c1-10-8-11(2)13(12(3)9-10)14(15(16,17)18)20-6-4-19-5-7-20/h8-9,14,19H,4-7H2,1-3H3/t14-/m0/s1. The third kappa shape index (κ3) is 3.15. The predicted molar refractivity (Wildman–Crippen MR) is 73.9 cm³/mol. The third-order valence-corrected chi connectivity index (χ3v) is 3.84. The molecule has 1 aliphatic heterocycles. The normalized spacial score (nSPS) is 19.1. The smallest absolute Gasteiger partial charge is 0.314 e. The zero-order valence-electron chi connectivity index (χ0n) is 12.1. The highest BCUT2D eigenvalue weighted by Gasteiger charge is 2.46. The van der Waals surface area contributed by atoms with Crippen LogP contribution in [0.4, 0.5) is 13.2 Å². The fraction of sp³-hybridized carbons (Fsp3) is 0.600. The van der Waals surface area contributed by atoms with Crippen LogP contribution in [0.1, 0.15) is 28.3 Å². The summed E-state index contributed by atoms with van der Waals surface area (Å²) in [5.74, 6) is 0. The molecule has 1 aromatic carbocycles. The lowest BCUT2D eigenvalue weighted by molar-refractivity contribution is -0.188. The average molecular weight is 286 g/mol. The van der Waals surface area contributed by atoms with E-state index in [2.05, 4.69) is 5.32 Å². The van der Waals surface area contributed by atoms with Crippen LogP contribution in [0.3, 0.4) is 0 Å². The van der Waals surface area contributed by atoms with E-state index in [1.807, 2.05) is 19.1 Å². The van der Waals surface area contributed by atoms with Crippen LogP contribution in [0.15, 0.2) is 12.1 Å². The molecule has 0 aromatic heterocycles. The van der Waals surface area contributed by atoms with Crippen molar-refractivity contribution >= 4 is 0 Å². The van der Waals surface area contributed by atoms with Crippen LogP contribution < -0.4 is 5.32 Å². The maximum atomic E-state index is 13.6. The highest BCUT2D eigenvalue weighted by atomic mass is 19.4. The summed E-state index contributed by atoms with van der Waals surface area (Å²) in [6.07, 6.45) is -4.25. The van der Waals surface area contributed by atoms with Gasteiger partial charge in [0, 0.05) is 26.2 Å². The molecule has 0 unspecified atom stereocenters. The highest BCUT2D eigenvalue weighted by molar-refractivity contribution is 5.40. The first kappa shape index (κ1) is 15.3. The molecule has 1 atom stereocenters. The Kier molecular flexibility index (Phi) is 4.39. The van der Waals surface area contributed by atoms with Crippen molar-refractivity contribution in [2.45, 2.75) is 33.0 Å². The Morgan fingerprint density at radius 2 is 1.55 bits per heavy atom. The number of piperazine rings is 1. The quantitative estimate of drug-likeness (QED) is 0.898. The minimum absolute atomic E-state index is 0.421. The van der Waals surface area contributed by atoms with Gasteiger partial charge in [0.2, 0.25) is 0 Å². The number of hydrogen-bond donors (Lipinski definition) is 1. The van der Waals surface area contributed by atoms with E-state index in [4.69, 9.17) is 0 Å². The van der Waals surface area contributed by atoms with Gasteiger partial charge >= 0.3 is 6.18 Å². The van der Waals surface area contributed by atoms with E-state index >= 15 is 0 Å². The molecule has 1 heterocycles. The number of hydrogen-bond acceptors (Lipinski definition) is 2. The predicted octanol–water partition coefficient (Wildman–Crippen LogP) is 3.12. The molecule has 0 aliphatic carbocycles. The molecular formula is C15H21F3N2. The second-order valence-electron chi connectivity index (χ2n) is 5.54. The van der Waals surface area contributed by atoms with Crippen molar-refractivity contribution in [1.29, 1.82) is 0 Å². The summed E-state index contributed by atoms with van der Waals surface area (Å²) in [7, 11) is 0. The van der Waals surface area contributed by atoms with Crippen LogP contribution >= 0.6 is 0 Å². The Bertz CT molecular complexity index is 453. The zero-order chi connectivity index (χ0) is 14.9. The van der Waals surface area contributed by atoms with Crippen molar-refractivity contribution in [3.63, 3.8) is 0 Å². The number of aryl methyl sites for hydroxylation is 3. The second-order valence-corrected chi connectivity index (χ2v) is 5.54. The molecule has 0 amide bonds. The van der Waals surface area contributed by atoms with Crippen molar-refractivity contribution in [2.24, 2.45) is 0 Å². The van der Waals surface area contributed by atoms with E-state index < -0.39 is 12.2 Å². The van der Waals surface area contributed by atoms with Gasteiger partial charge in [0.25, 0.3) is 0 Å². The Labute approximate surface area is 118 Å². The van der Waals surface area contributed by atoms with E-state index in [1.165, 1.54) is 0 Å². The van der Waals surface area contributed by atoms with Crippen LogP contribution in [0.5, 0.6) is 0 Å². The number of nitrogens with one attached hydrogen (secondary N) is 1. The summed E-state index contributed by atoms with van der Waals surface area (Å²) in [5.41, 5.74) is 2.88. The van der Waals surface area contributed by atoms with Gasteiger partial charge in [0.1, 0.15) is 6.04 Å². The van der Waals surface area contributed by atoms with Crippen LogP contribution in [0.2, 0.25) is 0 Å². The molecule has 0 bridgehead atoms. The van der Waals surface area contributed by atoms with Crippen molar-refractivity contribution in [1.82, 2.24) is 10.2 Å². The molecule has 1 fully saturated rings. The molecule has 112 valence electrons. The van der Waals surface area contributed by atoms with Gasteiger partial charge in [-0.05, 0) is 37.5 Å². The lowest BCUT2D eigenvalue weighted by Crippen LogP contribution is -2.49. The number of rotatable bonds is 2. The molecule has 0 spiro atoms. The first-order chi connectivity index (χ1) is 9.30. The lowest BCUT2D eigenvalue weighted by Gasteiger charge is -2.37. The van der Waals surface area contributed by atoms with Crippen molar-refractivity contribution in [3.8, 4) is 0 Å². The molecular weight excluding hydrogens is 265 g/mol. The SMILES string of the molecule is Cc1cc(C)c([C@H](N2CCNCC2)C(F)(F)F)c(C)c1. The van der Waals surface area contributed by atoms with Gasteiger partial charge in [-0.2, -0.15) is 13.2 Å². The fourth-order valence-corrected chi connectivity index (χ4v) is 3.12. The third-order valence-electron chi connectivity index (χ3n) is 3.84. The molecule has 1 aromatic rings. The minimum Gasteiger partial charge on any atom is -0.314 e. The maximum absolute atomic E-state index is 13.6. The van der Waals surface area contributed by atoms with Crippen LogP contribution in [-0.4, -0.2) is 37.3 Å². The molecule has 1 aliphatic rings. The second kappa shape index (κ2) is 5.74. The van der Waals surface area contributed by atoms with Crippen molar-refractivity contribution in [3.05, 3.63) is 34.4 Å². The summed E-state index contributed by atoms with van der Waals surface area (Å²) >= 11 is 0. The Morgan fingerprint density at radius 3 is 2.00 bits per heavy atom. The topological polar surface area (TPSA) is 15.3 Å². The van der Waals surface area contributed by atoms with Crippen molar-refractivity contribution in [2.75, 3.05) is 26.2 Å². The molecule has 2 nitrogen and oxygen atoms in total. The first-order valence-electron chi connectivity index (χ1n) is 6.90. The van der Waals surface area contributed by atoms with E-state index in [0.717, 1.165) is 16.7 Å². The molecule has 2 rings (SSSR count). The summed E-state index contributed by atoms with van der Waals surface area (Å²) in [6.45, 7) is 7.53. The number of halogens is 3. The van der Waals surface area contributed by atoms with Crippen molar-refractivity contribution < 1.29 is 13.2 Å². The summed E-state index contributed by atoms with van der Waals surface area (Å²) in [6, 6.07) is 2.18. The Morgan fingerprint density at radius 1 is 1.05 bits per heavy atom. The van der Waals surface area contributed by atoms with Gasteiger partial charge in [-0.15, -0.1) is 0 Å². The van der Waals surface area contributed by atoms with Gasteiger partial charge in [-0.25, -0.2) is 0 Å². The molecule has 0 radical (unpaired) electrons. The van der Waals surface area contributed by atoms with Gasteiger partial charge < -0.3 is 5.32 Å². The average Bonchev–Trinajstić information content (AvgIpc) is 2.33. The highest BCUT2D eigenvalue weighted by Crippen LogP contribution is 2.40. The van der Waals surface area contributed by atoms with Crippen LogP contribution in [-0.2, 0) is 0 Å². The molecule has 20 heavy (non-hydrogen) atoms. The van der Waals surface area contributed by atoms with Crippen LogP contribution in [0.25, 0.3) is 0 Å². The molecule has 0 saturated carbocycles. The molecule has 1 saturated heterocycles. The summed E-state index contributed by atoms with van der Waals surface area (Å²) in [4.78, 5) is 1.54. The van der Waals surface area contributed by atoms with Gasteiger partial charge in [-0.1, -0.05) is 17.7 Å². The summed E-state index contributed by atoms with van der Waals surface area (Å²) < 4.78 is 40.8. The van der Waals surface area contributed by atoms with Gasteiger partial charge in [0.15, 0.2) is 0 Å². The van der Waals surface area contributed by atoms with Gasteiger partial charge in [-0.3, -0.25) is 4.90 Å². The van der Waals surface area contributed by atoms with E-state index in [9.17, 15) is 13.2 Å². The largest absolute Gasteiger partial charge is 0.408 e. The monoisotopic (exact) mass is 286 g/mol. The number of nitrogens with zero attached hydrogens (tertiary/aromatic N) is 1. The van der Waals surface area contributed by atoms with Crippen LogP contribution in [0, 0.1) is 20.8 Å². The molecule has 1 N–H and O–H groups in total.